The minimum Gasteiger partial charge on any atom is -0.338 e. The third-order valence-corrected chi connectivity index (χ3v) is 10.0. The van der Waals surface area contributed by atoms with Crippen LogP contribution >= 0.6 is 10.6 Å². The molecule has 0 bridgehead atoms. The van der Waals surface area contributed by atoms with Crippen LogP contribution in [-0.2, 0) is 30.4 Å². The molecule has 5 rings (SSSR count). The number of nitrogens with one attached hydrogen (secondary N) is 2. The number of nitroso groups, excluding NO2 is 3. The lowest BCUT2D eigenvalue weighted by atomic mass is 10.1. The molecule has 0 saturated carbocycles. The highest BCUT2D eigenvalue weighted by Gasteiger charge is 2.34. The Morgan fingerprint density at radius 2 is 0.930 bits per heavy atom. The molecule has 43 heavy (non-hydrogen) atoms. The standard InChI is InChI=1S/C20H13N7O12S4/c28-25-40(26-29,27-30)11-5-13-17(15(7-11)42(34,35)36)23-19(21-13)9-1-3-10(4-2-9)20-22-14-6-12(41(31,32)33)8-16(18(14)24-20)43(37,38)39/h1-8H,(H,21,23)(H,22,24)(H,31,32,33)(H,34,35,36)(H,37,38,39). The number of fused-ring (bicyclic) bond motifs is 2. The van der Waals surface area contributed by atoms with Gasteiger partial charge in [-0.3, -0.25) is 13.7 Å². The van der Waals surface area contributed by atoms with E-state index in [2.05, 4.69) is 33.7 Å². The van der Waals surface area contributed by atoms with E-state index in [-0.39, 0.29) is 33.7 Å². The molecule has 0 aliphatic heterocycles. The largest absolute Gasteiger partial charge is 0.338 e. The molecule has 23 heteroatoms. The van der Waals surface area contributed by atoms with Crippen molar-refractivity contribution < 1.29 is 38.9 Å². The maximum absolute atomic E-state index is 12.0. The molecule has 0 spiro atoms. The highest BCUT2D eigenvalue weighted by atomic mass is 32.3. The van der Waals surface area contributed by atoms with Crippen LogP contribution in [0.3, 0.4) is 0 Å². The zero-order chi connectivity index (χ0) is 31.5. The van der Waals surface area contributed by atoms with Crippen LogP contribution in [0.1, 0.15) is 0 Å². The molecule has 224 valence electrons. The van der Waals surface area contributed by atoms with Crippen molar-refractivity contribution in [3.05, 3.63) is 63.3 Å². The van der Waals surface area contributed by atoms with Gasteiger partial charge in [0.05, 0.1) is 20.8 Å². The first kappa shape index (κ1) is 30.0. The molecule has 0 radical (unpaired) electrons. The highest BCUT2D eigenvalue weighted by molar-refractivity contribution is 8.30. The lowest BCUT2D eigenvalue weighted by Gasteiger charge is -2.14. The minimum atomic E-state index is -5.01. The zero-order valence-electron chi connectivity index (χ0n) is 20.5. The number of rotatable bonds is 9. The summed E-state index contributed by atoms with van der Waals surface area (Å²) >= 11 is 0. The fourth-order valence-corrected chi connectivity index (χ4v) is 6.98. The van der Waals surface area contributed by atoms with Crippen LogP contribution in [-0.4, -0.2) is 58.8 Å². The van der Waals surface area contributed by atoms with Crippen LogP contribution < -0.4 is 0 Å². The Hall–Kier alpha value is -4.52. The van der Waals surface area contributed by atoms with E-state index < -0.39 is 60.5 Å². The van der Waals surface area contributed by atoms with Crippen molar-refractivity contribution >= 4 is 63.0 Å². The summed E-state index contributed by atoms with van der Waals surface area (Å²) < 4.78 is 107. The number of hydrogen-bond acceptors (Lipinski definition) is 14. The Bertz CT molecular complexity index is 2310. The van der Waals surface area contributed by atoms with Gasteiger partial charge in [0.15, 0.2) is 10.6 Å². The molecule has 0 amide bonds. The van der Waals surface area contributed by atoms with Crippen molar-refractivity contribution in [1.29, 1.82) is 0 Å². The first-order chi connectivity index (χ1) is 20.0. The molecule has 5 aromatic rings. The summed E-state index contributed by atoms with van der Waals surface area (Å²) in [4.78, 5) is 44.2. The average Bonchev–Trinajstić information content (AvgIpc) is 3.56. The van der Waals surface area contributed by atoms with E-state index in [9.17, 15) is 53.6 Å². The number of H-pyrrole nitrogens is 2. The maximum atomic E-state index is 12.0. The monoisotopic (exact) mass is 671 g/mol. The third kappa shape index (κ3) is 5.29. The highest BCUT2D eigenvalue weighted by Crippen LogP contribution is 2.60. The molecular weight excluding hydrogens is 659 g/mol. The van der Waals surface area contributed by atoms with Crippen LogP contribution in [0.15, 0.2) is 81.9 Å². The summed E-state index contributed by atoms with van der Waals surface area (Å²) in [5, 5.41) is 0. The van der Waals surface area contributed by atoms with Gasteiger partial charge >= 0.3 is 0 Å². The predicted octanol–water partition coefficient (Wildman–Crippen LogP) is 3.72. The second-order valence-electron chi connectivity index (χ2n) is 8.55. The normalized spacial score (nSPS) is 13.3. The van der Waals surface area contributed by atoms with E-state index >= 15 is 0 Å². The molecule has 0 aliphatic rings. The number of hydrogen-bond donors (Lipinski definition) is 5. The van der Waals surface area contributed by atoms with Crippen LogP contribution in [0.5, 0.6) is 0 Å². The van der Waals surface area contributed by atoms with Crippen LogP contribution in [0.4, 0.5) is 0 Å². The molecule has 19 nitrogen and oxygen atoms in total. The number of aromatic amines is 2. The van der Waals surface area contributed by atoms with Crippen molar-refractivity contribution in [2.75, 3.05) is 0 Å². The Kier molecular flexibility index (Phi) is 6.99. The first-order valence-electron chi connectivity index (χ1n) is 11.0. The summed E-state index contributed by atoms with van der Waals surface area (Å²) in [6.07, 6.45) is 0. The lowest BCUT2D eigenvalue weighted by molar-refractivity contribution is 0.479. The van der Waals surface area contributed by atoms with E-state index in [1.807, 2.05) is 0 Å². The van der Waals surface area contributed by atoms with E-state index in [1.165, 1.54) is 24.3 Å². The van der Waals surface area contributed by atoms with Gasteiger partial charge in [-0.25, -0.2) is 9.97 Å². The van der Waals surface area contributed by atoms with Crippen molar-refractivity contribution in [2.24, 2.45) is 13.7 Å². The molecule has 0 unspecified atom stereocenters. The van der Waals surface area contributed by atoms with Crippen LogP contribution in [0, 0.1) is 14.7 Å². The summed E-state index contributed by atoms with van der Waals surface area (Å²) in [5.74, 6) is 0.0303. The Morgan fingerprint density at radius 3 is 1.28 bits per heavy atom. The van der Waals surface area contributed by atoms with Gasteiger partial charge < -0.3 is 9.97 Å². The molecular formula is C20H13N7O12S4. The number of aromatic nitrogens is 4. The molecule has 2 aromatic heterocycles. The van der Waals surface area contributed by atoms with E-state index in [4.69, 9.17) is 0 Å². The van der Waals surface area contributed by atoms with Gasteiger partial charge in [0.2, 0.25) is 0 Å². The lowest BCUT2D eigenvalue weighted by Crippen LogP contribution is -2.04. The van der Waals surface area contributed by atoms with Crippen LogP contribution in [0.25, 0.3) is 44.8 Å². The maximum Gasteiger partial charge on any atom is 0.296 e. The molecule has 0 aliphatic carbocycles. The Balaban J connectivity index is 1.62. The van der Waals surface area contributed by atoms with Gasteiger partial charge in [0.1, 0.15) is 32.5 Å². The summed E-state index contributed by atoms with van der Waals surface area (Å²) in [7, 11) is -19.0. The first-order valence-corrected chi connectivity index (χ1v) is 16.8. The Labute approximate surface area is 240 Å². The fourth-order valence-electron chi connectivity index (χ4n) is 4.05. The number of imidazole rings is 2. The molecule has 0 atom stereocenters. The van der Waals surface area contributed by atoms with Gasteiger partial charge in [-0.1, -0.05) is 24.3 Å². The van der Waals surface area contributed by atoms with E-state index in [1.54, 1.807) is 0 Å². The summed E-state index contributed by atoms with van der Waals surface area (Å²) in [5.41, 5.74) is -0.318. The summed E-state index contributed by atoms with van der Waals surface area (Å²) in [6, 6.07) is 8.90. The molecule has 3 aromatic carbocycles. The fraction of sp³-hybridized carbons (Fsp3) is 0. The minimum absolute atomic E-state index is 0.0115. The zero-order valence-corrected chi connectivity index (χ0v) is 23.8. The average molecular weight is 672 g/mol. The van der Waals surface area contributed by atoms with Crippen molar-refractivity contribution in [1.82, 2.24) is 19.9 Å². The number of nitrogens with zero attached hydrogens (tertiary/aromatic N) is 5. The molecule has 0 fully saturated rings. The van der Waals surface area contributed by atoms with Crippen molar-refractivity contribution in [3.63, 3.8) is 0 Å². The smallest absolute Gasteiger partial charge is 0.296 e. The predicted molar refractivity (Wildman–Crippen MR) is 149 cm³/mol. The SMILES string of the molecule is O=NS(N=O)(N=O)c1cc(S(=O)(=O)O)c2nc(-c3ccc(-c4nc5c(S(=O)(=O)O)cc(S(=O)(=O)O)cc5[nH]4)cc3)[nH]c2c1. The Morgan fingerprint density at radius 1 is 0.558 bits per heavy atom. The van der Waals surface area contributed by atoms with Crippen LogP contribution in [0.2, 0.25) is 0 Å². The second kappa shape index (κ2) is 10.0. The number of benzene rings is 3. The van der Waals surface area contributed by atoms with Crippen molar-refractivity contribution in [2.45, 2.75) is 19.6 Å². The second-order valence-corrected chi connectivity index (χ2v) is 14.7. The quantitative estimate of drug-likeness (QED) is 0.110. The van der Waals surface area contributed by atoms with E-state index in [0.29, 0.717) is 23.3 Å². The van der Waals surface area contributed by atoms with Gasteiger partial charge in [-0.05, 0) is 24.3 Å². The van der Waals surface area contributed by atoms with Gasteiger partial charge in [-0.2, -0.15) is 25.3 Å². The van der Waals surface area contributed by atoms with E-state index in [0.717, 1.165) is 12.1 Å². The molecule has 0 saturated heterocycles. The van der Waals surface area contributed by atoms with Crippen molar-refractivity contribution in [3.8, 4) is 22.8 Å². The van der Waals surface area contributed by atoms with Gasteiger partial charge in [0, 0.05) is 24.9 Å². The van der Waals surface area contributed by atoms with Gasteiger partial charge in [-0.15, -0.1) is 14.7 Å². The molecule has 2 heterocycles. The topological polar surface area (TPSA) is 309 Å². The third-order valence-electron chi connectivity index (χ3n) is 5.96. The summed E-state index contributed by atoms with van der Waals surface area (Å²) in [6.45, 7) is 0. The van der Waals surface area contributed by atoms with Gasteiger partial charge in [0.25, 0.3) is 30.4 Å². The molecule has 5 N–H and O–H groups in total.